The van der Waals surface area contributed by atoms with E-state index < -0.39 is 161 Å². The number of nitrogens with zero attached hydrogens (tertiary/aromatic N) is 7. The fraction of sp³-hybridized carbons (Fsp3) is 0.444. The average Bonchev–Trinajstić information content (AvgIpc) is 3.47. The molecule has 2 aromatic carbocycles. The van der Waals surface area contributed by atoms with Gasteiger partial charge >= 0.3 is 18.4 Å². The molecule has 15 nitrogen and oxygen atoms in total. The smallest absolute Gasteiger partial charge is 0.394 e. The lowest BCUT2D eigenvalue weighted by Crippen LogP contribution is -2.49. The summed E-state index contributed by atoms with van der Waals surface area (Å²) >= 11 is 6.69. The van der Waals surface area contributed by atoms with Crippen LogP contribution < -0.4 is 9.62 Å². The number of aliphatic hydroxyl groups is 1. The molecule has 392 valence electrons. The highest BCUT2D eigenvalue weighted by Crippen LogP contribution is 2.68. The second kappa shape index (κ2) is 18.4. The number of nitrogens with one attached hydrogen (secondary N) is 1. The predicted molar refractivity (Wildman–Crippen MR) is 242 cm³/mol. The van der Waals surface area contributed by atoms with Gasteiger partial charge in [-0.25, -0.2) is 35.4 Å². The van der Waals surface area contributed by atoms with E-state index in [1.807, 2.05) is 0 Å². The number of hydrogen-bond donors (Lipinski definition) is 2. The van der Waals surface area contributed by atoms with Crippen LogP contribution in [-0.4, -0.2) is 106 Å². The number of fused-ring (bicyclic) bond motifs is 4. The van der Waals surface area contributed by atoms with Crippen LogP contribution in [-0.2, 0) is 56.3 Å². The molecule has 2 aliphatic carbocycles. The number of benzene rings is 2. The van der Waals surface area contributed by atoms with E-state index in [-0.39, 0.29) is 55.4 Å². The largest absolute Gasteiger partial charge is 0.435 e. The minimum atomic E-state index is -5.22. The van der Waals surface area contributed by atoms with E-state index in [2.05, 4.69) is 32.3 Å². The number of sulfonamides is 1. The SMILES string of the molecule is CC(C)(C#Cc1ccc(-c2ccc(Cl)c3c(N(C(=O)N4CCCC4CO)S(C)(=O)=O)nn(CC(F)(F)F)c23)c([C@H](Cc2cc(F)cc(F)c2)NC(=O)Cn2nc(C(F)(F)F)c3c2C(F)(F)[C@@H]2C[C@H]32)n1)S(C)(=O)=O. The number of pyridine rings is 1. The summed E-state index contributed by atoms with van der Waals surface area (Å²) < 4.78 is 199. The van der Waals surface area contributed by atoms with Gasteiger partial charge in [-0.3, -0.25) is 14.2 Å². The quantitative estimate of drug-likeness (QED) is 0.0929. The fourth-order valence-corrected chi connectivity index (χ4v) is 10.5. The average molecular weight is 1100 g/mol. The molecule has 3 aromatic heterocycles. The number of aromatic nitrogens is 5. The van der Waals surface area contributed by atoms with Gasteiger partial charge in [0.2, 0.25) is 15.9 Å². The van der Waals surface area contributed by atoms with Crippen molar-refractivity contribution in [1.29, 1.82) is 0 Å². The highest BCUT2D eigenvalue weighted by atomic mass is 35.5. The standard InChI is InChI=1S/C45H41ClF10N8O7S2/c1-42(2,72(3,68)69)12-11-25-7-8-27(28-9-10-31(46)35-37(28)63(21-43(49,50)51)60-40(35)64(73(4,70)71)41(67)61-13-5-6-26(61)20-65)36(57-25)32(16-22-14-23(47)17-24(48)15-22)58-33(66)19-62-39-34(38(59-62)45(54,55)56)29-18-30(29)44(39,52)53/h7-10,14-15,17,26,29-30,32,65H,5-6,13,16,18-21H2,1-4H3,(H,58,66)/t26?,29-,30+,32-/m0/s1. The Kier molecular flexibility index (Phi) is 13.5. The Morgan fingerprint density at radius 3 is 2.23 bits per heavy atom. The molecule has 0 radical (unpaired) electrons. The van der Waals surface area contributed by atoms with Crippen LogP contribution in [0.4, 0.5) is 54.5 Å². The van der Waals surface area contributed by atoms with Crippen LogP contribution in [0.1, 0.15) is 79.0 Å². The summed E-state index contributed by atoms with van der Waals surface area (Å²) in [5.41, 5.74) is -5.83. The van der Waals surface area contributed by atoms with Gasteiger partial charge in [-0.05, 0) is 87.3 Å². The molecule has 3 aliphatic rings. The summed E-state index contributed by atoms with van der Waals surface area (Å²) in [4.78, 5) is 33.9. The van der Waals surface area contributed by atoms with Gasteiger partial charge in [0.25, 0.3) is 5.92 Å². The Labute approximate surface area is 414 Å². The number of carbonyl (C=O) groups excluding carboxylic acids is 2. The molecule has 4 atom stereocenters. The van der Waals surface area contributed by atoms with Gasteiger partial charge in [0.1, 0.15) is 40.9 Å². The second-order valence-corrected chi connectivity index (χ2v) is 23.3. The second-order valence-electron chi connectivity index (χ2n) is 18.5. The highest BCUT2D eigenvalue weighted by Gasteiger charge is 2.68. The predicted octanol–water partition coefficient (Wildman–Crippen LogP) is 7.63. The number of aliphatic hydroxyl groups excluding tert-OH is 1. The normalized spacial score (nSPS) is 19.1. The molecule has 1 saturated heterocycles. The molecule has 1 aliphatic heterocycles. The van der Waals surface area contributed by atoms with Crippen LogP contribution in [0.15, 0.2) is 42.5 Å². The molecule has 1 saturated carbocycles. The van der Waals surface area contributed by atoms with Crippen molar-refractivity contribution in [3.05, 3.63) is 93.0 Å². The van der Waals surface area contributed by atoms with Crippen molar-refractivity contribution in [1.82, 2.24) is 34.8 Å². The van der Waals surface area contributed by atoms with Gasteiger partial charge in [-0.15, -0.1) is 0 Å². The first-order valence-electron chi connectivity index (χ1n) is 21.9. The molecular weight excluding hydrogens is 1050 g/mol. The van der Waals surface area contributed by atoms with Gasteiger partial charge in [0.05, 0.1) is 46.6 Å². The van der Waals surface area contributed by atoms with Gasteiger partial charge in [-0.1, -0.05) is 23.6 Å². The molecule has 0 spiro atoms. The number of carbonyl (C=O) groups is 2. The maximum atomic E-state index is 15.6. The topological polar surface area (TPSA) is 190 Å². The van der Waals surface area contributed by atoms with E-state index in [1.54, 1.807) is 0 Å². The third kappa shape index (κ3) is 10.3. The number of sulfone groups is 1. The summed E-state index contributed by atoms with van der Waals surface area (Å²) in [6, 6.07) is 2.65. The summed E-state index contributed by atoms with van der Waals surface area (Å²) in [7, 11) is -8.72. The van der Waals surface area contributed by atoms with Gasteiger partial charge in [0, 0.05) is 41.5 Å². The number of amides is 3. The lowest BCUT2D eigenvalue weighted by molar-refractivity contribution is -0.143. The minimum Gasteiger partial charge on any atom is -0.394 e. The molecule has 4 heterocycles. The number of urea groups is 1. The van der Waals surface area contributed by atoms with E-state index >= 15 is 8.78 Å². The monoisotopic (exact) mass is 1090 g/mol. The van der Waals surface area contributed by atoms with Crippen molar-refractivity contribution in [2.45, 2.75) is 93.6 Å². The number of anilines is 1. The summed E-state index contributed by atoms with van der Waals surface area (Å²) in [6.07, 6.45) is -9.32. The molecule has 5 aromatic rings. The molecule has 3 amide bonds. The minimum absolute atomic E-state index is 0.0694. The molecular formula is C45H41ClF10N8O7S2. The Morgan fingerprint density at radius 2 is 1.63 bits per heavy atom. The Balaban J connectivity index is 1.36. The maximum Gasteiger partial charge on any atom is 0.435 e. The Bertz CT molecular complexity index is 3370. The zero-order valence-corrected chi connectivity index (χ0v) is 40.9. The van der Waals surface area contributed by atoms with Crippen LogP contribution in [0.3, 0.4) is 0 Å². The van der Waals surface area contributed by atoms with Crippen LogP contribution in [0.5, 0.6) is 0 Å². The molecule has 1 unspecified atom stereocenters. The lowest BCUT2D eigenvalue weighted by atomic mass is 9.93. The van der Waals surface area contributed by atoms with Crippen LogP contribution in [0, 0.1) is 29.4 Å². The van der Waals surface area contributed by atoms with Crippen molar-refractivity contribution in [2.75, 3.05) is 30.0 Å². The highest BCUT2D eigenvalue weighted by molar-refractivity contribution is 7.93. The number of hydrogen-bond acceptors (Lipinski definition) is 10. The zero-order chi connectivity index (χ0) is 53.7. The van der Waals surface area contributed by atoms with E-state index in [9.17, 15) is 66.7 Å². The molecule has 2 N–H and O–H groups in total. The number of likely N-dealkylation sites (tertiary alicyclic amines) is 1. The van der Waals surface area contributed by atoms with Gasteiger partial charge in [0.15, 0.2) is 21.3 Å². The summed E-state index contributed by atoms with van der Waals surface area (Å²) in [6.45, 7) is -1.46. The lowest BCUT2D eigenvalue weighted by Gasteiger charge is -2.28. The zero-order valence-electron chi connectivity index (χ0n) is 38.5. The van der Waals surface area contributed by atoms with E-state index in [0.29, 0.717) is 18.7 Å². The number of halogens is 11. The van der Waals surface area contributed by atoms with Crippen LogP contribution in [0.2, 0.25) is 5.02 Å². The molecule has 2 fully saturated rings. The van der Waals surface area contributed by atoms with E-state index in [1.165, 1.54) is 13.8 Å². The Hall–Kier alpha value is -5.98. The summed E-state index contributed by atoms with van der Waals surface area (Å²) in [5.74, 6) is -5.95. The first-order valence-corrected chi connectivity index (χ1v) is 26.1. The maximum absolute atomic E-state index is 15.6. The molecule has 28 heteroatoms. The van der Waals surface area contributed by atoms with E-state index in [4.69, 9.17) is 11.6 Å². The molecule has 73 heavy (non-hydrogen) atoms. The molecule has 8 rings (SSSR count). The van der Waals surface area contributed by atoms with Crippen molar-refractivity contribution in [2.24, 2.45) is 5.92 Å². The van der Waals surface area contributed by atoms with Crippen molar-refractivity contribution < 1.29 is 75.4 Å². The summed E-state index contributed by atoms with van der Waals surface area (Å²) in [5, 5.41) is 18.8. The number of rotatable bonds is 12. The Morgan fingerprint density at radius 1 is 0.973 bits per heavy atom. The van der Waals surface area contributed by atoms with E-state index in [0.717, 1.165) is 47.6 Å². The van der Waals surface area contributed by atoms with Gasteiger partial charge in [-0.2, -0.15) is 49.6 Å². The molecule has 0 bridgehead atoms. The third-order valence-electron chi connectivity index (χ3n) is 12.8. The first kappa shape index (κ1) is 53.3. The van der Waals surface area contributed by atoms with Crippen LogP contribution in [0.25, 0.3) is 22.0 Å². The first-order chi connectivity index (χ1) is 33.7. The van der Waals surface area contributed by atoms with Gasteiger partial charge < -0.3 is 15.3 Å². The van der Waals surface area contributed by atoms with Crippen molar-refractivity contribution in [3.8, 4) is 23.0 Å². The van der Waals surface area contributed by atoms with Crippen molar-refractivity contribution in [3.63, 3.8) is 0 Å². The number of alkyl halides is 8. The fourth-order valence-electron chi connectivity index (χ4n) is 9.18. The third-order valence-corrected chi connectivity index (χ3v) is 16.1. The van der Waals surface area contributed by atoms with Crippen molar-refractivity contribution >= 4 is 60.1 Å². The van der Waals surface area contributed by atoms with Crippen LogP contribution >= 0.6 is 11.6 Å².